The fourth-order valence-electron chi connectivity index (χ4n) is 3.31. The number of nitrogens with zero attached hydrogens (tertiary/aromatic N) is 3. The van der Waals surface area contributed by atoms with Gasteiger partial charge < -0.3 is 15.0 Å². The van der Waals surface area contributed by atoms with Gasteiger partial charge in [0.15, 0.2) is 0 Å². The van der Waals surface area contributed by atoms with Gasteiger partial charge >= 0.3 is 0 Å². The van der Waals surface area contributed by atoms with Gasteiger partial charge in [-0.2, -0.15) is 5.26 Å². The van der Waals surface area contributed by atoms with Crippen LogP contribution in [0.4, 0.5) is 5.69 Å². The average Bonchev–Trinajstić information content (AvgIpc) is 3.00. The molecule has 6 heteroatoms. The second-order valence-electron chi connectivity index (χ2n) is 6.46. The number of nitriles is 1. The molecule has 2 aromatic carbocycles. The number of ether oxygens (including phenoxy) is 1. The van der Waals surface area contributed by atoms with Crippen LogP contribution >= 0.6 is 0 Å². The van der Waals surface area contributed by atoms with Gasteiger partial charge in [0.2, 0.25) is 0 Å². The molecule has 0 spiro atoms. The zero-order valence-corrected chi connectivity index (χ0v) is 15.3. The van der Waals surface area contributed by atoms with Crippen molar-refractivity contribution in [2.24, 2.45) is 0 Å². The second kappa shape index (κ2) is 7.41. The Hall–Kier alpha value is -3.85. The highest BCUT2D eigenvalue weighted by Crippen LogP contribution is 2.34. The minimum atomic E-state index is -0.417. The van der Waals surface area contributed by atoms with E-state index in [1.54, 1.807) is 42.5 Å². The largest absolute Gasteiger partial charge is 0.497 e. The van der Waals surface area contributed by atoms with Crippen molar-refractivity contribution in [2.45, 2.75) is 12.7 Å². The molecule has 0 saturated carbocycles. The first-order chi connectivity index (χ1) is 13.7. The van der Waals surface area contributed by atoms with Crippen molar-refractivity contribution >= 4 is 11.6 Å². The second-order valence-corrected chi connectivity index (χ2v) is 6.46. The average molecular weight is 370 g/mol. The molecule has 0 saturated heterocycles. The molecule has 0 aliphatic carbocycles. The summed E-state index contributed by atoms with van der Waals surface area (Å²) in [4.78, 5) is 19.2. The van der Waals surface area contributed by atoms with Gasteiger partial charge in [-0.15, -0.1) is 0 Å². The summed E-state index contributed by atoms with van der Waals surface area (Å²) in [6, 6.07) is 20.5. The zero-order chi connectivity index (χ0) is 19.5. The number of benzene rings is 2. The Morgan fingerprint density at radius 2 is 2.00 bits per heavy atom. The Balaban J connectivity index is 1.66. The third kappa shape index (κ3) is 3.26. The number of rotatable bonds is 5. The van der Waals surface area contributed by atoms with Crippen LogP contribution in [0.3, 0.4) is 0 Å². The van der Waals surface area contributed by atoms with Crippen molar-refractivity contribution in [1.29, 1.82) is 5.26 Å². The molecule has 1 aliphatic rings. The van der Waals surface area contributed by atoms with Gasteiger partial charge in [-0.05, 0) is 48.0 Å². The predicted molar refractivity (Wildman–Crippen MR) is 105 cm³/mol. The highest BCUT2D eigenvalue weighted by atomic mass is 16.5. The molecular formula is C22H18N4O2. The third-order valence-electron chi connectivity index (χ3n) is 4.71. The minimum Gasteiger partial charge on any atom is -0.497 e. The fourth-order valence-corrected chi connectivity index (χ4v) is 3.31. The summed E-state index contributed by atoms with van der Waals surface area (Å²) in [6.07, 6.45) is 1.27. The lowest BCUT2D eigenvalue weighted by atomic mass is 10.2. The molecule has 0 fully saturated rings. The van der Waals surface area contributed by atoms with E-state index in [1.807, 2.05) is 36.4 Å². The van der Waals surface area contributed by atoms with E-state index in [9.17, 15) is 4.79 Å². The highest BCUT2D eigenvalue weighted by Gasteiger charge is 2.37. The molecule has 3 aromatic rings. The van der Waals surface area contributed by atoms with Crippen molar-refractivity contribution in [3.8, 4) is 11.8 Å². The number of aromatic nitrogens is 1. The van der Waals surface area contributed by atoms with Crippen LogP contribution in [0.1, 0.15) is 33.3 Å². The molecular weight excluding hydrogens is 352 g/mol. The van der Waals surface area contributed by atoms with Gasteiger partial charge in [-0.25, -0.2) is 0 Å². The summed E-state index contributed by atoms with van der Waals surface area (Å²) < 4.78 is 5.20. The van der Waals surface area contributed by atoms with E-state index in [4.69, 9.17) is 10.00 Å². The Kier molecular flexibility index (Phi) is 4.65. The van der Waals surface area contributed by atoms with Gasteiger partial charge in [0.25, 0.3) is 5.91 Å². The third-order valence-corrected chi connectivity index (χ3v) is 4.71. The summed E-state index contributed by atoms with van der Waals surface area (Å²) in [5.74, 6) is 0.692. The van der Waals surface area contributed by atoms with Crippen LogP contribution in [-0.2, 0) is 6.54 Å². The number of carbonyl (C=O) groups excluding carboxylic acids is 1. The maximum Gasteiger partial charge on any atom is 0.258 e. The maximum absolute atomic E-state index is 13.0. The first-order valence-corrected chi connectivity index (χ1v) is 8.85. The van der Waals surface area contributed by atoms with E-state index in [0.29, 0.717) is 23.4 Å². The molecule has 2 heterocycles. The molecule has 1 amide bonds. The monoisotopic (exact) mass is 370 g/mol. The van der Waals surface area contributed by atoms with E-state index in [0.717, 1.165) is 17.0 Å². The number of hydrogen-bond donors (Lipinski definition) is 1. The summed E-state index contributed by atoms with van der Waals surface area (Å²) >= 11 is 0. The van der Waals surface area contributed by atoms with Crippen LogP contribution in [0.2, 0.25) is 0 Å². The smallest absolute Gasteiger partial charge is 0.258 e. The van der Waals surface area contributed by atoms with Crippen LogP contribution in [0.5, 0.6) is 5.75 Å². The molecule has 0 unspecified atom stereocenters. The Morgan fingerprint density at radius 3 is 2.75 bits per heavy atom. The van der Waals surface area contributed by atoms with Gasteiger partial charge in [-0.1, -0.05) is 18.2 Å². The lowest BCUT2D eigenvalue weighted by Gasteiger charge is -2.26. The van der Waals surface area contributed by atoms with Gasteiger partial charge in [0.1, 0.15) is 11.9 Å². The maximum atomic E-state index is 13.0. The van der Waals surface area contributed by atoms with Crippen LogP contribution in [-0.4, -0.2) is 22.9 Å². The van der Waals surface area contributed by atoms with Crippen molar-refractivity contribution in [2.75, 3.05) is 12.4 Å². The number of carbonyl (C=O) groups is 1. The normalized spacial score (nSPS) is 15.1. The summed E-state index contributed by atoms with van der Waals surface area (Å²) in [5.41, 5.74) is 3.57. The quantitative estimate of drug-likeness (QED) is 0.740. The van der Waals surface area contributed by atoms with Crippen molar-refractivity contribution in [1.82, 2.24) is 9.88 Å². The van der Waals surface area contributed by atoms with E-state index in [1.165, 1.54) is 0 Å². The lowest BCUT2D eigenvalue weighted by molar-refractivity contribution is 0.0728. The van der Waals surface area contributed by atoms with E-state index >= 15 is 0 Å². The predicted octanol–water partition coefficient (Wildman–Crippen LogP) is 3.73. The van der Waals surface area contributed by atoms with Crippen molar-refractivity contribution in [3.63, 3.8) is 0 Å². The highest BCUT2D eigenvalue weighted by molar-refractivity contribution is 5.98. The Morgan fingerprint density at radius 1 is 1.18 bits per heavy atom. The topological polar surface area (TPSA) is 78.2 Å². The number of fused-ring (bicyclic) bond motifs is 1. The standard InChI is InChI=1S/C22H18N4O2/c1-28-18-9-7-15(8-10-18)14-26-21(20-19(22(26)27)6-3-11-24-20)25-17-5-2-4-16(12-17)13-23/h2-12,21,25H,14H2,1H3/t21-/m0/s1. The van der Waals surface area contributed by atoms with Crippen LogP contribution in [0, 0.1) is 11.3 Å². The molecule has 0 bridgehead atoms. The number of pyridine rings is 1. The zero-order valence-electron chi connectivity index (χ0n) is 15.3. The molecule has 1 aromatic heterocycles. The molecule has 0 radical (unpaired) electrons. The van der Waals surface area contributed by atoms with E-state index < -0.39 is 6.17 Å². The Bertz CT molecular complexity index is 1060. The van der Waals surface area contributed by atoms with Gasteiger partial charge in [0.05, 0.1) is 30.0 Å². The van der Waals surface area contributed by atoms with Crippen LogP contribution in [0.25, 0.3) is 0 Å². The van der Waals surface area contributed by atoms with Gasteiger partial charge in [0, 0.05) is 18.4 Å². The number of anilines is 1. The first kappa shape index (κ1) is 17.6. The number of hydrogen-bond acceptors (Lipinski definition) is 5. The van der Waals surface area contributed by atoms with Crippen LogP contribution in [0.15, 0.2) is 66.9 Å². The molecule has 28 heavy (non-hydrogen) atoms. The molecule has 138 valence electrons. The van der Waals surface area contributed by atoms with E-state index in [2.05, 4.69) is 16.4 Å². The summed E-state index contributed by atoms with van der Waals surface area (Å²) in [7, 11) is 1.62. The summed E-state index contributed by atoms with van der Waals surface area (Å²) in [5, 5.41) is 12.5. The SMILES string of the molecule is COc1ccc(CN2C(=O)c3cccnc3[C@H]2Nc2cccc(C#N)c2)cc1. The van der Waals surface area contributed by atoms with Gasteiger partial charge in [-0.3, -0.25) is 9.78 Å². The molecule has 4 rings (SSSR count). The number of nitrogens with one attached hydrogen (secondary N) is 1. The molecule has 1 N–H and O–H groups in total. The van der Waals surface area contributed by atoms with Crippen molar-refractivity contribution < 1.29 is 9.53 Å². The number of amides is 1. The van der Waals surface area contributed by atoms with Crippen LogP contribution < -0.4 is 10.1 Å². The molecule has 1 aliphatic heterocycles. The molecule has 1 atom stereocenters. The minimum absolute atomic E-state index is 0.0761. The fraction of sp³-hybridized carbons (Fsp3) is 0.136. The summed E-state index contributed by atoms with van der Waals surface area (Å²) in [6.45, 7) is 0.425. The Labute approximate surface area is 163 Å². The van der Waals surface area contributed by atoms with E-state index in [-0.39, 0.29) is 5.91 Å². The lowest BCUT2D eigenvalue weighted by Crippen LogP contribution is -2.32. The van der Waals surface area contributed by atoms with Crippen molar-refractivity contribution in [3.05, 3.63) is 89.2 Å². The first-order valence-electron chi connectivity index (χ1n) is 8.85. The number of methoxy groups -OCH3 is 1. The molecule has 6 nitrogen and oxygen atoms in total.